The maximum atomic E-state index is 11.9. The number of hydrogen-bond donors (Lipinski definition) is 0. The molecule has 1 heteroatoms. The van der Waals surface area contributed by atoms with E-state index in [0.29, 0.717) is 18.1 Å². The van der Waals surface area contributed by atoms with Crippen molar-refractivity contribution in [2.45, 2.75) is 58.8 Å². The summed E-state index contributed by atoms with van der Waals surface area (Å²) in [6.45, 7) is 8.25. The Morgan fingerprint density at radius 1 is 1.20 bits per heavy atom. The number of allylic oxidation sites excluding steroid dienone is 1. The van der Waals surface area contributed by atoms with E-state index in [-0.39, 0.29) is 0 Å². The van der Waals surface area contributed by atoms with Crippen LogP contribution in [0.25, 0.3) is 0 Å². The summed E-state index contributed by atoms with van der Waals surface area (Å²) in [4.78, 5) is 11.9. The van der Waals surface area contributed by atoms with E-state index in [1.54, 1.807) is 0 Å². The zero-order chi connectivity index (χ0) is 11.3. The van der Waals surface area contributed by atoms with Gasteiger partial charge in [0.15, 0.2) is 0 Å². The van der Waals surface area contributed by atoms with Gasteiger partial charge in [-0.25, -0.2) is 0 Å². The molecule has 1 aliphatic carbocycles. The summed E-state index contributed by atoms with van der Waals surface area (Å²) in [6, 6.07) is 0. The van der Waals surface area contributed by atoms with Gasteiger partial charge in [0, 0.05) is 12.3 Å². The van der Waals surface area contributed by atoms with Gasteiger partial charge in [0.2, 0.25) is 0 Å². The van der Waals surface area contributed by atoms with Crippen molar-refractivity contribution in [2.75, 3.05) is 0 Å². The van der Waals surface area contributed by atoms with Crippen LogP contribution in [0, 0.1) is 11.8 Å². The van der Waals surface area contributed by atoms with Crippen LogP contribution in [0.3, 0.4) is 0 Å². The van der Waals surface area contributed by atoms with Crippen molar-refractivity contribution in [3.05, 3.63) is 12.2 Å². The number of Topliss-reactive ketones (excluding diaryl/α,β-unsaturated/α-hetero) is 1. The Bertz CT molecular complexity index is 221. The van der Waals surface area contributed by atoms with E-state index in [0.717, 1.165) is 30.8 Å². The molecule has 0 bridgehead atoms. The predicted octanol–water partition coefficient (Wildman–Crippen LogP) is 4.13. The molecule has 0 saturated heterocycles. The highest BCUT2D eigenvalue weighted by atomic mass is 16.1. The smallest absolute Gasteiger partial charge is 0.139 e. The molecule has 0 aromatic heterocycles. The molecule has 0 spiro atoms. The van der Waals surface area contributed by atoms with Crippen LogP contribution in [0.4, 0.5) is 0 Å². The van der Waals surface area contributed by atoms with E-state index in [9.17, 15) is 4.79 Å². The third-order valence-electron chi connectivity index (χ3n) is 3.80. The van der Waals surface area contributed by atoms with Crippen LogP contribution in [0.5, 0.6) is 0 Å². The molecular formula is C14H24O. The Labute approximate surface area is 93.9 Å². The van der Waals surface area contributed by atoms with Crippen LogP contribution in [0.15, 0.2) is 12.2 Å². The lowest BCUT2D eigenvalue weighted by Crippen LogP contribution is -2.21. The van der Waals surface area contributed by atoms with E-state index >= 15 is 0 Å². The Kier molecular flexibility index (Phi) is 5.07. The number of rotatable bonds is 5. The summed E-state index contributed by atoms with van der Waals surface area (Å²) < 4.78 is 0. The fourth-order valence-corrected chi connectivity index (χ4v) is 2.41. The van der Waals surface area contributed by atoms with Crippen molar-refractivity contribution in [1.82, 2.24) is 0 Å². The summed E-state index contributed by atoms with van der Waals surface area (Å²) in [5.74, 6) is 1.66. The lowest BCUT2D eigenvalue weighted by Gasteiger charge is -2.26. The van der Waals surface area contributed by atoms with E-state index in [1.165, 1.54) is 19.3 Å². The standard InChI is InChI=1S/C14H24O/c1-4-11(3)10-14(15)13-8-6-12(5-2)7-9-13/h12-13H,3-10H2,1-2H3. The van der Waals surface area contributed by atoms with Crippen molar-refractivity contribution < 1.29 is 4.79 Å². The molecule has 1 nitrogen and oxygen atoms in total. The average molecular weight is 208 g/mol. The normalized spacial score (nSPS) is 26.3. The van der Waals surface area contributed by atoms with Crippen molar-refractivity contribution >= 4 is 5.78 Å². The highest BCUT2D eigenvalue weighted by molar-refractivity contribution is 5.83. The molecule has 0 radical (unpaired) electrons. The Balaban J connectivity index is 2.33. The first kappa shape index (κ1) is 12.5. The van der Waals surface area contributed by atoms with E-state index < -0.39 is 0 Å². The molecule has 15 heavy (non-hydrogen) atoms. The molecule has 86 valence electrons. The molecule has 0 aromatic carbocycles. The predicted molar refractivity (Wildman–Crippen MR) is 64.8 cm³/mol. The summed E-state index contributed by atoms with van der Waals surface area (Å²) >= 11 is 0. The first-order valence-corrected chi connectivity index (χ1v) is 6.36. The Morgan fingerprint density at radius 3 is 2.27 bits per heavy atom. The number of carbonyl (C=O) groups is 1. The quantitative estimate of drug-likeness (QED) is 0.621. The second-order valence-electron chi connectivity index (χ2n) is 4.87. The van der Waals surface area contributed by atoms with Gasteiger partial charge >= 0.3 is 0 Å². The van der Waals surface area contributed by atoms with Gasteiger partial charge in [-0.05, 0) is 38.0 Å². The number of hydrogen-bond acceptors (Lipinski definition) is 1. The Hall–Kier alpha value is -0.590. The minimum absolute atomic E-state index is 0.344. The molecule has 1 saturated carbocycles. The molecule has 0 aliphatic heterocycles. The maximum absolute atomic E-state index is 11.9. The van der Waals surface area contributed by atoms with Crippen LogP contribution in [0.1, 0.15) is 58.8 Å². The largest absolute Gasteiger partial charge is 0.299 e. The van der Waals surface area contributed by atoms with Crippen molar-refractivity contribution in [2.24, 2.45) is 11.8 Å². The summed E-state index contributed by atoms with van der Waals surface area (Å²) in [5.41, 5.74) is 1.10. The SMILES string of the molecule is C=C(CC)CC(=O)C1CCC(CC)CC1. The highest BCUT2D eigenvalue weighted by Gasteiger charge is 2.25. The van der Waals surface area contributed by atoms with Crippen LogP contribution < -0.4 is 0 Å². The van der Waals surface area contributed by atoms with Crippen molar-refractivity contribution in [3.8, 4) is 0 Å². The average Bonchev–Trinajstić information content (AvgIpc) is 2.29. The van der Waals surface area contributed by atoms with Gasteiger partial charge in [-0.1, -0.05) is 32.4 Å². The molecule has 1 aliphatic rings. The highest BCUT2D eigenvalue weighted by Crippen LogP contribution is 2.32. The molecule has 0 aromatic rings. The second kappa shape index (κ2) is 6.09. The molecule has 0 heterocycles. The van der Waals surface area contributed by atoms with E-state index in [1.807, 2.05) is 0 Å². The molecule has 1 rings (SSSR count). The van der Waals surface area contributed by atoms with Crippen LogP contribution in [0.2, 0.25) is 0 Å². The summed E-state index contributed by atoms with van der Waals surface area (Å²) in [7, 11) is 0. The molecule has 0 atom stereocenters. The van der Waals surface area contributed by atoms with Crippen LogP contribution in [-0.4, -0.2) is 5.78 Å². The van der Waals surface area contributed by atoms with E-state index in [2.05, 4.69) is 20.4 Å². The number of ketones is 1. The topological polar surface area (TPSA) is 17.1 Å². The van der Waals surface area contributed by atoms with Gasteiger partial charge in [0.05, 0.1) is 0 Å². The lowest BCUT2D eigenvalue weighted by molar-refractivity contribution is -0.123. The molecule has 0 N–H and O–H groups in total. The molecule has 0 unspecified atom stereocenters. The first-order chi connectivity index (χ1) is 7.17. The lowest BCUT2D eigenvalue weighted by atomic mass is 9.78. The minimum atomic E-state index is 0.344. The van der Waals surface area contributed by atoms with Crippen LogP contribution >= 0.6 is 0 Å². The van der Waals surface area contributed by atoms with Gasteiger partial charge in [0.25, 0.3) is 0 Å². The van der Waals surface area contributed by atoms with Crippen molar-refractivity contribution in [1.29, 1.82) is 0 Å². The Morgan fingerprint density at radius 2 is 1.80 bits per heavy atom. The van der Waals surface area contributed by atoms with Crippen LogP contribution in [-0.2, 0) is 4.79 Å². The third kappa shape index (κ3) is 3.81. The summed E-state index contributed by atoms with van der Waals surface area (Å²) in [6.07, 6.45) is 7.59. The monoisotopic (exact) mass is 208 g/mol. The zero-order valence-electron chi connectivity index (χ0n) is 10.2. The molecule has 1 fully saturated rings. The molecule has 0 amide bonds. The third-order valence-corrected chi connectivity index (χ3v) is 3.80. The second-order valence-corrected chi connectivity index (χ2v) is 4.87. The first-order valence-electron chi connectivity index (χ1n) is 6.36. The fourth-order valence-electron chi connectivity index (χ4n) is 2.41. The van der Waals surface area contributed by atoms with Gasteiger partial charge in [0.1, 0.15) is 5.78 Å². The van der Waals surface area contributed by atoms with Gasteiger partial charge in [-0.2, -0.15) is 0 Å². The van der Waals surface area contributed by atoms with Gasteiger partial charge in [-0.3, -0.25) is 4.79 Å². The van der Waals surface area contributed by atoms with Crippen molar-refractivity contribution in [3.63, 3.8) is 0 Å². The molecular weight excluding hydrogens is 184 g/mol. The van der Waals surface area contributed by atoms with Gasteiger partial charge < -0.3 is 0 Å². The summed E-state index contributed by atoms with van der Waals surface area (Å²) in [5, 5.41) is 0. The fraction of sp³-hybridized carbons (Fsp3) is 0.786. The number of carbonyl (C=O) groups excluding carboxylic acids is 1. The maximum Gasteiger partial charge on any atom is 0.139 e. The minimum Gasteiger partial charge on any atom is -0.299 e. The van der Waals surface area contributed by atoms with Gasteiger partial charge in [-0.15, -0.1) is 0 Å². The van der Waals surface area contributed by atoms with E-state index in [4.69, 9.17) is 0 Å². The zero-order valence-corrected chi connectivity index (χ0v) is 10.2.